The van der Waals surface area contributed by atoms with E-state index in [4.69, 9.17) is 21.1 Å². The number of rotatable bonds is 3. The Morgan fingerprint density at radius 3 is 2.65 bits per heavy atom. The average Bonchev–Trinajstić information content (AvgIpc) is 3.13. The smallest absolute Gasteiger partial charge is 0.255 e. The van der Waals surface area contributed by atoms with E-state index in [2.05, 4.69) is 20.7 Å². The normalized spacial score (nSPS) is 17.1. The van der Waals surface area contributed by atoms with E-state index in [1.807, 2.05) is 32.0 Å². The number of benzene rings is 2. The van der Waals surface area contributed by atoms with Crippen LogP contribution in [0, 0.1) is 6.92 Å². The third-order valence-electron chi connectivity index (χ3n) is 5.19. The molecule has 0 saturated heterocycles. The van der Waals surface area contributed by atoms with Gasteiger partial charge in [0.1, 0.15) is 25.1 Å². The summed E-state index contributed by atoms with van der Waals surface area (Å²) in [7, 11) is 0. The number of aryl methyl sites for hydroxylation is 1. The summed E-state index contributed by atoms with van der Waals surface area (Å²) in [6, 6.07) is 12.2. The van der Waals surface area contributed by atoms with Gasteiger partial charge in [-0.1, -0.05) is 17.7 Å². The van der Waals surface area contributed by atoms with E-state index in [0.29, 0.717) is 58.5 Å². The lowest BCUT2D eigenvalue weighted by Crippen LogP contribution is -2.31. The highest BCUT2D eigenvalue weighted by Crippen LogP contribution is 2.39. The number of ether oxygens (including phenoxy) is 2. The van der Waals surface area contributed by atoms with Crippen LogP contribution in [0.25, 0.3) is 0 Å². The molecule has 0 aliphatic carbocycles. The first-order valence-corrected chi connectivity index (χ1v) is 10.2. The number of anilines is 2. The van der Waals surface area contributed by atoms with Crippen molar-refractivity contribution in [2.24, 2.45) is 0 Å². The van der Waals surface area contributed by atoms with Crippen LogP contribution in [0.2, 0.25) is 5.02 Å². The van der Waals surface area contributed by atoms with Crippen LogP contribution in [0.3, 0.4) is 0 Å². The molecule has 0 bridgehead atoms. The zero-order chi connectivity index (χ0) is 21.5. The van der Waals surface area contributed by atoms with Crippen LogP contribution in [0.5, 0.6) is 11.5 Å². The van der Waals surface area contributed by atoms with Crippen molar-refractivity contribution in [1.29, 1.82) is 0 Å². The van der Waals surface area contributed by atoms with Crippen molar-refractivity contribution in [3.63, 3.8) is 0 Å². The van der Waals surface area contributed by atoms with Crippen LogP contribution in [-0.2, 0) is 4.79 Å². The van der Waals surface area contributed by atoms with Gasteiger partial charge < -0.3 is 20.1 Å². The number of hydrogen-bond donors (Lipinski definition) is 2. The number of nitrogens with one attached hydrogen (secondary N) is 2. The van der Waals surface area contributed by atoms with Gasteiger partial charge in [-0.25, -0.2) is 4.68 Å². The average molecular weight is 438 g/mol. The fourth-order valence-electron chi connectivity index (χ4n) is 3.82. The number of aromatic nitrogens is 3. The molecule has 158 valence electrons. The highest BCUT2D eigenvalue weighted by Gasteiger charge is 2.34. The second kappa shape index (κ2) is 7.63. The predicted octanol–water partition coefficient (Wildman–Crippen LogP) is 3.94. The van der Waals surface area contributed by atoms with Crippen molar-refractivity contribution >= 4 is 29.1 Å². The van der Waals surface area contributed by atoms with Gasteiger partial charge in [0.15, 0.2) is 11.5 Å². The van der Waals surface area contributed by atoms with E-state index < -0.39 is 6.04 Å². The maximum atomic E-state index is 13.4. The zero-order valence-corrected chi connectivity index (χ0v) is 17.7. The van der Waals surface area contributed by atoms with E-state index in [1.54, 1.807) is 28.9 Å². The van der Waals surface area contributed by atoms with Crippen molar-refractivity contribution in [3.05, 3.63) is 70.1 Å². The van der Waals surface area contributed by atoms with Crippen LogP contribution in [0.1, 0.15) is 24.4 Å². The third kappa shape index (κ3) is 3.59. The lowest BCUT2D eigenvalue weighted by molar-refractivity contribution is -0.113. The van der Waals surface area contributed by atoms with Crippen molar-refractivity contribution in [1.82, 2.24) is 14.8 Å². The van der Waals surface area contributed by atoms with Crippen molar-refractivity contribution < 1.29 is 14.3 Å². The van der Waals surface area contributed by atoms with Gasteiger partial charge in [-0.2, -0.15) is 10.1 Å². The summed E-state index contributed by atoms with van der Waals surface area (Å²) in [5, 5.41) is 11.3. The van der Waals surface area contributed by atoms with Gasteiger partial charge >= 0.3 is 0 Å². The Morgan fingerprint density at radius 2 is 1.87 bits per heavy atom. The third-order valence-corrected chi connectivity index (χ3v) is 5.44. The van der Waals surface area contributed by atoms with Gasteiger partial charge in [0.2, 0.25) is 5.95 Å². The number of nitrogens with zero attached hydrogens (tertiary/aromatic N) is 3. The molecular formula is C22H20ClN5O3. The number of fused-ring (bicyclic) bond motifs is 2. The molecule has 1 amide bonds. The molecule has 0 radical (unpaired) electrons. The molecule has 1 atom stereocenters. The molecule has 2 aromatic carbocycles. The van der Waals surface area contributed by atoms with Crippen molar-refractivity contribution in [2.45, 2.75) is 19.9 Å². The molecule has 2 aliphatic rings. The van der Waals surface area contributed by atoms with Crippen LogP contribution < -0.4 is 20.1 Å². The standard InChI is InChI=1S/C22H20ClN5O3/c1-12-19(21(29)26-16-6-4-15(23)5-7-16)20(28-22(24-12)25-13(2)27-28)14-3-8-17-18(11-14)31-10-9-30-17/h3-8,11,20H,9-10H2,1-2H3,(H,26,29)(H,24,25,27). The number of amides is 1. The first-order chi connectivity index (χ1) is 15.0. The Morgan fingerprint density at radius 1 is 1.13 bits per heavy atom. The van der Waals surface area contributed by atoms with Crippen molar-refractivity contribution in [2.75, 3.05) is 23.8 Å². The molecular weight excluding hydrogens is 418 g/mol. The summed E-state index contributed by atoms with van der Waals surface area (Å²) in [5.74, 6) is 2.28. The van der Waals surface area contributed by atoms with E-state index in [9.17, 15) is 4.79 Å². The number of allylic oxidation sites excluding steroid dienone is 1. The van der Waals surface area contributed by atoms with Gasteiger partial charge in [0.05, 0.1) is 5.57 Å². The van der Waals surface area contributed by atoms with Crippen LogP contribution in [0.15, 0.2) is 53.7 Å². The zero-order valence-electron chi connectivity index (χ0n) is 17.0. The number of carbonyl (C=O) groups is 1. The highest BCUT2D eigenvalue weighted by molar-refractivity contribution is 6.30. The molecule has 2 N–H and O–H groups in total. The summed E-state index contributed by atoms with van der Waals surface area (Å²) < 4.78 is 13.1. The molecule has 31 heavy (non-hydrogen) atoms. The van der Waals surface area contributed by atoms with E-state index in [-0.39, 0.29) is 5.91 Å². The topological polar surface area (TPSA) is 90.3 Å². The maximum absolute atomic E-state index is 13.4. The van der Waals surface area contributed by atoms with E-state index >= 15 is 0 Å². The monoisotopic (exact) mass is 437 g/mol. The summed E-state index contributed by atoms with van der Waals surface area (Å²) in [6.07, 6.45) is 0. The maximum Gasteiger partial charge on any atom is 0.255 e. The SMILES string of the molecule is CC1=C(C(=O)Nc2ccc(Cl)cc2)C(c2ccc3c(c2)OCCO3)n2nc(C)nc2N1. The molecule has 1 unspecified atom stereocenters. The molecule has 5 rings (SSSR count). The Balaban J connectivity index is 1.58. The number of halogens is 1. The largest absolute Gasteiger partial charge is 0.486 e. The van der Waals surface area contributed by atoms with Crippen LogP contribution in [0.4, 0.5) is 11.6 Å². The van der Waals surface area contributed by atoms with Crippen molar-refractivity contribution in [3.8, 4) is 11.5 Å². The summed E-state index contributed by atoms with van der Waals surface area (Å²) in [5.41, 5.74) is 2.73. The lowest BCUT2D eigenvalue weighted by Gasteiger charge is -2.29. The van der Waals surface area contributed by atoms with E-state index in [1.165, 1.54) is 0 Å². The minimum Gasteiger partial charge on any atom is -0.486 e. The van der Waals surface area contributed by atoms with Crippen LogP contribution in [-0.4, -0.2) is 33.9 Å². The Hall–Kier alpha value is -3.52. The predicted molar refractivity (Wildman–Crippen MR) is 117 cm³/mol. The molecule has 0 spiro atoms. The lowest BCUT2D eigenvalue weighted by atomic mass is 9.94. The van der Waals surface area contributed by atoms with Gasteiger partial charge in [-0.05, 0) is 55.8 Å². The molecule has 0 fully saturated rings. The second-order valence-corrected chi connectivity index (χ2v) is 7.79. The first kappa shape index (κ1) is 19.4. The quantitative estimate of drug-likeness (QED) is 0.645. The van der Waals surface area contributed by atoms with Gasteiger partial charge in [-0.15, -0.1) is 0 Å². The fraction of sp³-hybridized carbons (Fsp3) is 0.227. The van der Waals surface area contributed by atoms with E-state index in [0.717, 1.165) is 5.56 Å². The van der Waals surface area contributed by atoms with Gasteiger partial charge in [-0.3, -0.25) is 4.79 Å². The molecule has 8 nitrogen and oxygen atoms in total. The molecule has 9 heteroatoms. The highest BCUT2D eigenvalue weighted by atomic mass is 35.5. The summed E-state index contributed by atoms with van der Waals surface area (Å²) >= 11 is 5.97. The Kier molecular flexibility index (Phi) is 4.78. The summed E-state index contributed by atoms with van der Waals surface area (Å²) in [4.78, 5) is 17.8. The Bertz CT molecular complexity index is 1200. The second-order valence-electron chi connectivity index (χ2n) is 7.36. The molecule has 2 aliphatic heterocycles. The minimum atomic E-state index is -0.486. The number of carbonyl (C=O) groups excluding carboxylic acids is 1. The fourth-order valence-corrected chi connectivity index (χ4v) is 3.95. The molecule has 0 saturated carbocycles. The van der Waals surface area contributed by atoms with Crippen LogP contribution >= 0.6 is 11.6 Å². The molecule has 1 aromatic heterocycles. The summed E-state index contributed by atoms with van der Waals surface area (Å²) in [6.45, 7) is 4.67. The van der Waals surface area contributed by atoms with Gasteiger partial charge in [0, 0.05) is 16.4 Å². The molecule has 3 heterocycles. The molecule has 3 aromatic rings. The van der Waals surface area contributed by atoms with Gasteiger partial charge in [0.25, 0.3) is 5.91 Å². The first-order valence-electron chi connectivity index (χ1n) is 9.87. The minimum absolute atomic E-state index is 0.244. The number of hydrogen-bond acceptors (Lipinski definition) is 6. The Labute approximate surface area is 183 Å².